The first-order valence-electron chi connectivity index (χ1n) is 47.3. The first-order valence-corrected chi connectivity index (χ1v) is 47.3. The van der Waals surface area contributed by atoms with Gasteiger partial charge in [0.15, 0.2) is 22.6 Å². The quantitative estimate of drug-likeness (QED) is 0.131. The highest BCUT2D eigenvalue weighted by Crippen LogP contribution is 2.46. The summed E-state index contributed by atoms with van der Waals surface area (Å²) in [4.78, 5) is 29.4. The van der Waals surface area contributed by atoms with E-state index in [4.69, 9.17) is 43.2 Å². The highest BCUT2D eigenvalue weighted by molar-refractivity contribution is 6.18. The van der Waals surface area contributed by atoms with Gasteiger partial charge in [0.2, 0.25) is 11.9 Å². The third-order valence-electron chi connectivity index (χ3n) is 28.2. The molecule has 12 aromatic heterocycles. The lowest BCUT2D eigenvalue weighted by atomic mass is 10.0. The van der Waals surface area contributed by atoms with Crippen molar-refractivity contribution in [1.82, 2.24) is 57.3 Å². The van der Waals surface area contributed by atoms with E-state index in [0.717, 1.165) is 138 Å². The first kappa shape index (κ1) is 79.0. The van der Waals surface area contributed by atoms with Gasteiger partial charge < -0.3 is 31.5 Å². The van der Waals surface area contributed by atoms with Crippen molar-refractivity contribution >= 4 is 197 Å². The van der Waals surface area contributed by atoms with Gasteiger partial charge in [-0.3, -0.25) is 9.13 Å². The summed E-state index contributed by atoms with van der Waals surface area (Å²) < 4.78 is 31.8. The van der Waals surface area contributed by atoms with Crippen molar-refractivity contribution in [2.24, 2.45) is 0 Å². The second kappa shape index (κ2) is 31.6. The summed E-state index contributed by atoms with van der Waals surface area (Å²) in [7, 11) is 0. The van der Waals surface area contributed by atoms with Crippen molar-refractivity contribution in [1.29, 1.82) is 0 Å². The molecule has 0 aliphatic carbocycles. The Morgan fingerprint density at radius 3 is 0.773 bits per heavy atom. The molecule has 0 N–H and O–H groups in total. The number of hydrogen-bond acceptors (Lipinski definition) is 9. The van der Waals surface area contributed by atoms with Gasteiger partial charge in [0.1, 0.15) is 33.3 Å². The van der Waals surface area contributed by atoms with Crippen LogP contribution in [0.15, 0.2) is 475 Å². The number of fused-ring (bicyclic) bond motifs is 27. The van der Waals surface area contributed by atoms with Crippen LogP contribution in [0, 0.1) is 0 Å². The lowest BCUT2D eigenvalue weighted by Gasteiger charge is -2.10. The van der Waals surface area contributed by atoms with Gasteiger partial charge in [0.25, 0.3) is 0 Å². The number of furan rings is 3. The zero-order chi connectivity index (χ0) is 92.4. The van der Waals surface area contributed by atoms with Gasteiger partial charge in [-0.05, 0) is 221 Å². The lowest BCUT2D eigenvalue weighted by molar-refractivity contribution is 0.665. The summed E-state index contributed by atoms with van der Waals surface area (Å²) in [6, 6.07) is 157. The van der Waals surface area contributed by atoms with Crippen molar-refractivity contribution in [3.05, 3.63) is 461 Å². The molecule has 0 aliphatic heterocycles. The highest BCUT2D eigenvalue weighted by atomic mass is 16.3. The van der Waals surface area contributed by atoms with Crippen LogP contribution in [-0.2, 0) is 0 Å². The topological polar surface area (TPSA) is 146 Å². The molecule has 0 atom stereocenters. The molecule has 0 aliphatic rings. The van der Waals surface area contributed by atoms with Crippen molar-refractivity contribution in [3.8, 4) is 79.4 Å². The van der Waals surface area contributed by atoms with Crippen LogP contribution in [0.3, 0.4) is 0 Å². The van der Waals surface area contributed by atoms with Gasteiger partial charge in [-0.15, -0.1) is 0 Å². The number of hydrogen-bond donors (Lipinski definition) is 0. The predicted molar refractivity (Wildman–Crippen MR) is 576 cm³/mol. The molecular formula is C126H76N12O3. The Balaban J connectivity index is 0.000000102. The van der Waals surface area contributed by atoms with E-state index < -0.39 is 0 Å². The van der Waals surface area contributed by atoms with E-state index in [0.29, 0.717) is 34.5 Å². The molecular weight excluding hydrogens is 1730 g/mol. The molecule has 12 heterocycles. The molecule has 141 heavy (non-hydrogen) atoms. The maximum Gasteiger partial charge on any atom is 0.235 e. The maximum atomic E-state index is 6.04. The van der Waals surface area contributed by atoms with Crippen molar-refractivity contribution in [2.75, 3.05) is 0 Å². The molecule has 0 amide bonds. The summed E-state index contributed by atoms with van der Waals surface area (Å²) in [6.07, 6.45) is 5.36. The predicted octanol–water partition coefficient (Wildman–Crippen LogP) is 32.4. The zero-order valence-corrected chi connectivity index (χ0v) is 75.5. The van der Waals surface area contributed by atoms with Crippen LogP contribution in [0.4, 0.5) is 0 Å². The van der Waals surface area contributed by atoms with E-state index in [1.807, 2.05) is 72.8 Å². The number of para-hydroxylation sites is 12. The Hall–Kier alpha value is -19.4. The van der Waals surface area contributed by atoms with Crippen LogP contribution in [0.25, 0.3) is 276 Å². The monoisotopic (exact) mass is 1800 g/mol. The SMILES string of the molecule is c1ccc(-n2c3ccccc3c3cc(-c4ccc5c(c4)c4ccccc4n5-c4cccc(-c5ncc6oc7ccccc7c6n5)c4)ccc32)cc1.c1ccc(-n2c3ccccc3c3cc(-c4ccc5c(c4)c4ccccc4n5-c4ncc5oc6ccccc6c5n4)ccc32)cc1.c1ccc(-n2c3ccccc3c3cc(-c4ccc5c6ccccc6n(-c6ncc7oc8ccccc8c7n6)c5c4)ccc32)cc1. The summed E-state index contributed by atoms with van der Waals surface area (Å²) in [5, 5.41) is 17.5. The third kappa shape index (κ3) is 12.6. The van der Waals surface area contributed by atoms with Gasteiger partial charge >= 0.3 is 0 Å². The minimum atomic E-state index is 0.624. The molecule has 658 valence electrons. The molecule has 19 aromatic carbocycles. The maximum absolute atomic E-state index is 6.04. The number of benzene rings is 19. The van der Waals surface area contributed by atoms with E-state index in [-0.39, 0.29) is 0 Å². The average molecular weight is 1810 g/mol. The minimum absolute atomic E-state index is 0.624. The van der Waals surface area contributed by atoms with E-state index in [1.165, 1.54) is 104 Å². The summed E-state index contributed by atoms with van der Waals surface area (Å²) in [5.41, 5.74) is 33.3. The lowest BCUT2D eigenvalue weighted by Crippen LogP contribution is -2.00. The first-order chi connectivity index (χ1) is 69.9. The Bertz CT molecular complexity index is 10600. The van der Waals surface area contributed by atoms with Crippen LogP contribution < -0.4 is 0 Å². The van der Waals surface area contributed by atoms with Crippen molar-refractivity contribution in [3.63, 3.8) is 0 Å². The molecule has 15 nitrogen and oxygen atoms in total. The molecule has 0 unspecified atom stereocenters. The Morgan fingerprint density at radius 2 is 0.404 bits per heavy atom. The Morgan fingerprint density at radius 1 is 0.149 bits per heavy atom. The van der Waals surface area contributed by atoms with Gasteiger partial charge in [-0.25, -0.2) is 29.9 Å². The Labute approximate surface area is 803 Å². The summed E-state index contributed by atoms with van der Waals surface area (Å²) >= 11 is 0. The number of aromatic nitrogens is 12. The number of nitrogens with zero attached hydrogens (tertiary/aromatic N) is 12. The number of rotatable bonds is 10. The van der Waals surface area contributed by atoms with Crippen LogP contribution in [0.5, 0.6) is 0 Å². The zero-order valence-electron chi connectivity index (χ0n) is 75.5. The van der Waals surface area contributed by atoms with E-state index in [1.54, 1.807) is 18.6 Å². The fourth-order valence-corrected chi connectivity index (χ4v) is 21.8. The third-order valence-corrected chi connectivity index (χ3v) is 28.2. The van der Waals surface area contributed by atoms with Gasteiger partial charge in [-0.1, -0.05) is 255 Å². The molecule has 0 spiro atoms. The fraction of sp³-hybridized carbons (Fsp3) is 0. The second-order valence-electron chi connectivity index (χ2n) is 36.0. The van der Waals surface area contributed by atoms with Crippen LogP contribution in [0.2, 0.25) is 0 Å². The standard InChI is InChI=1S/C46H28N4O.2C40H24N4O/c1-2-12-32(13-3-1)49-39-18-7-4-15-34(39)37-26-29(21-23-41(37)49)30-22-24-42-38(27-30)35-16-5-8-19-40(35)50(42)33-14-10-11-31(25-33)46-47-28-44-45(48-46)36-17-6-9-20-43(36)51-44;1-2-10-27(11-3-1)43-33-15-7-5-13-29(33)32-22-25(19-21-35(32)43)26-18-20-30-28-12-4-8-16-34(28)44(36(30)23-26)40-41-24-38-39(42-40)31-14-6-9-17-37(31)45-38;1-2-10-27(11-3-1)43-33-15-7-4-12-28(33)31-22-25(18-20-35(31)43)26-19-21-36-32(23-26)29-13-5-8-16-34(29)44(36)40-41-24-38-39(42-40)30-14-6-9-17-37(30)45-38/h1-28H;2*1-24H. The smallest absolute Gasteiger partial charge is 0.235 e. The fourth-order valence-electron chi connectivity index (χ4n) is 21.8. The normalized spacial score (nSPS) is 12.0. The molecule has 15 heteroatoms. The highest BCUT2D eigenvalue weighted by Gasteiger charge is 2.25. The molecule has 0 bridgehead atoms. The minimum Gasteiger partial charge on any atom is -0.453 e. The summed E-state index contributed by atoms with van der Waals surface area (Å²) in [5.74, 6) is 1.92. The van der Waals surface area contributed by atoms with E-state index >= 15 is 0 Å². The van der Waals surface area contributed by atoms with E-state index in [9.17, 15) is 0 Å². The Kier molecular flexibility index (Phi) is 17.7. The molecule has 0 radical (unpaired) electrons. The molecule has 0 saturated heterocycles. The summed E-state index contributed by atoms with van der Waals surface area (Å²) in [6.45, 7) is 0. The van der Waals surface area contributed by atoms with Gasteiger partial charge in [0.05, 0.1) is 84.8 Å². The van der Waals surface area contributed by atoms with Gasteiger partial charge in [0, 0.05) is 109 Å². The second-order valence-corrected chi connectivity index (χ2v) is 36.0. The molecule has 31 aromatic rings. The van der Waals surface area contributed by atoms with Crippen molar-refractivity contribution < 1.29 is 13.3 Å². The van der Waals surface area contributed by atoms with E-state index in [2.05, 4.69) is 397 Å². The largest absolute Gasteiger partial charge is 0.453 e. The molecule has 0 fully saturated rings. The van der Waals surface area contributed by atoms with Crippen molar-refractivity contribution in [2.45, 2.75) is 0 Å². The molecule has 0 saturated carbocycles. The van der Waals surface area contributed by atoms with Crippen LogP contribution in [-0.4, -0.2) is 57.3 Å². The van der Waals surface area contributed by atoms with Gasteiger partial charge in [-0.2, -0.15) is 0 Å². The van der Waals surface area contributed by atoms with Crippen LogP contribution >= 0.6 is 0 Å². The molecule has 31 rings (SSSR count). The average Bonchev–Trinajstić information content (AvgIpc) is 1.58. The van der Waals surface area contributed by atoms with Crippen LogP contribution in [0.1, 0.15) is 0 Å².